The van der Waals surface area contributed by atoms with E-state index in [4.69, 9.17) is 4.74 Å². The van der Waals surface area contributed by atoms with E-state index < -0.39 is 17.1 Å². The van der Waals surface area contributed by atoms with Gasteiger partial charge in [-0.2, -0.15) is 0 Å². The quantitative estimate of drug-likeness (QED) is 0.299. The van der Waals surface area contributed by atoms with E-state index in [0.29, 0.717) is 31.4 Å². The van der Waals surface area contributed by atoms with Gasteiger partial charge in [0.15, 0.2) is 5.65 Å². The second-order valence-corrected chi connectivity index (χ2v) is 14.2. The minimum absolute atomic E-state index is 0.0477. The molecule has 0 radical (unpaired) electrons. The van der Waals surface area contributed by atoms with Crippen LogP contribution in [0.4, 0.5) is 4.39 Å². The van der Waals surface area contributed by atoms with Crippen molar-refractivity contribution < 1.29 is 13.9 Å². The number of benzene rings is 2. The largest absolute Gasteiger partial charge is 0.373 e. The van der Waals surface area contributed by atoms with Gasteiger partial charge in [-0.3, -0.25) is 24.1 Å². The van der Waals surface area contributed by atoms with Crippen LogP contribution < -0.4 is 11.2 Å². The molecule has 8 rings (SSSR count). The highest BCUT2D eigenvalue weighted by Crippen LogP contribution is 2.52. The first-order valence-corrected chi connectivity index (χ1v) is 17.1. The Morgan fingerprint density at radius 1 is 0.896 bits per heavy atom. The maximum absolute atomic E-state index is 14.5. The molecule has 0 unspecified atom stereocenters. The Morgan fingerprint density at radius 3 is 2.25 bits per heavy atom. The van der Waals surface area contributed by atoms with Gasteiger partial charge >= 0.3 is 5.69 Å². The summed E-state index contributed by atoms with van der Waals surface area (Å²) in [6, 6.07) is 16.9. The molecule has 4 aromatic rings. The summed E-state index contributed by atoms with van der Waals surface area (Å²) < 4.78 is 23.1. The summed E-state index contributed by atoms with van der Waals surface area (Å²) in [6.07, 6.45) is 5.75. The Balaban J connectivity index is 1.09. The topological polar surface area (TPSA) is 92.9 Å². The number of fused-ring (bicyclic) bond motifs is 1. The van der Waals surface area contributed by atoms with E-state index in [0.717, 1.165) is 49.8 Å². The van der Waals surface area contributed by atoms with Gasteiger partial charge in [0.25, 0.3) is 11.5 Å². The monoisotopic (exact) mass is 652 g/mol. The van der Waals surface area contributed by atoms with Crippen molar-refractivity contribution in [3.05, 3.63) is 93.0 Å². The number of morpholine rings is 1. The molecule has 48 heavy (non-hydrogen) atoms. The molecular weight excluding hydrogens is 611 g/mol. The lowest BCUT2D eigenvalue weighted by atomic mass is 9.89. The number of halogens is 1. The zero-order chi connectivity index (χ0) is 33.3. The van der Waals surface area contributed by atoms with Crippen molar-refractivity contribution in [2.24, 2.45) is 0 Å². The van der Waals surface area contributed by atoms with Gasteiger partial charge in [-0.25, -0.2) is 23.7 Å². The lowest BCUT2D eigenvalue weighted by Crippen LogP contribution is -2.72. The first-order valence-electron chi connectivity index (χ1n) is 17.1. The van der Waals surface area contributed by atoms with Crippen LogP contribution in [-0.2, 0) is 16.1 Å². The predicted octanol–water partition coefficient (Wildman–Crippen LogP) is 4.67. The van der Waals surface area contributed by atoms with Gasteiger partial charge in [0.1, 0.15) is 11.4 Å². The van der Waals surface area contributed by atoms with Crippen molar-refractivity contribution in [1.29, 1.82) is 0 Å². The molecule has 1 spiro atoms. The highest BCUT2D eigenvalue weighted by Gasteiger charge is 2.66. The minimum atomic E-state index is -0.636. The lowest BCUT2D eigenvalue weighted by Gasteiger charge is -2.53. The van der Waals surface area contributed by atoms with E-state index in [1.807, 2.05) is 36.3 Å². The molecule has 4 aliphatic rings. The number of hydrazine groups is 1. The van der Waals surface area contributed by atoms with Crippen molar-refractivity contribution >= 4 is 16.9 Å². The van der Waals surface area contributed by atoms with Crippen LogP contribution in [0.1, 0.15) is 64.0 Å². The van der Waals surface area contributed by atoms with Crippen molar-refractivity contribution in [2.45, 2.75) is 88.7 Å². The number of carbonyl (C=O) groups excluding carboxylic acids is 1. The number of hydrogen-bond donors (Lipinski definition) is 0. The lowest BCUT2D eigenvalue weighted by molar-refractivity contribution is -0.207. The van der Waals surface area contributed by atoms with E-state index >= 15 is 0 Å². The van der Waals surface area contributed by atoms with E-state index in [9.17, 15) is 18.8 Å². The number of ether oxygens (including phenoxy) is 1. The summed E-state index contributed by atoms with van der Waals surface area (Å²) in [7, 11) is 1.98. The second-order valence-electron chi connectivity index (χ2n) is 14.2. The van der Waals surface area contributed by atoms with Crippen molar-refractivity contribution in [1.82, 2.24) is 29.0 Å². The molecule has 4 heterocycles. The fraction of sp³-hybridized carbons (Fsp3) is 0.459. The SMILES string of the molecule is C[C@@H]1CN(Cc2ccc(-c3cccc(-n4c(=O)n([C@H]5CC[C@@H](N6C(=O)C7(CC7)N6C)CC5)c(=O)c5cc(F)cnc54)c3)cc2)C[C@H](C)O1. The molecule has 2 saturated carbocycles. The smallest absolute Gasteiger partial charge is 0.337 e. The zero-order valence-corrected chi connectivity index (χ0v) is 27.6. The van der Waals surface area contributed by atoms with Crippen LogP contribution in [0.5, 0.6) is 0 Å². The molecule has 2 saturated heterocycles. The van der Waals surface area contributed by atoms with Crippen LogP contribution in [0, 0.1) is 5.82 Å². The third-order valence-corrected chi connectivity index (χ3v) is 10.8. The summed E-state index contributed by atoms with van der Waals surface area (Å²) in [5.41, 5.74) is 2.47. The summed E-state index contributed by atoms with van der Waals surface area (Å²) in [5, 5.41) is 4.01. The van der Waals surface area contributed by atoms with Gasteiger partial charge in [-0.1, -0.05) is 36.4 Å². The zero-order valence-electron chi connectivity index (χ0n) is 27.6. The van der Waals surface area contributed by atoms with Gasteiger partial charge in [0.05, 0.1) is 29.5 Å². The van der Waals surface area contributed by atoms with Crippen LogP contribution in [-0.4, -0.2) is 78.9 Å². The van der Waals surface area contributed by atoms with Gasteiger partial charge in [-0.05, 0) is 87.3 Å². The number of pyridine rings is 1. The maximum Gasteiger partial charge on any atom is 0.337 e. The summed E-state index contributed by atoms with van der Waals surface area (Å²) in [4.78, 5) is 47.7. The average molecular weight is 653 g/mol. The fourth-order valence-corrected chi connectivity index (χ4v) is 8.31. The Labute approximate surface area is 278 Å². The average Bonchev–Trinajstić information content (AvgIpc) is 3.90. The molecule has 2 aromatic carbocycles. The number of amides is 1. The molecule has 2 aromatic heterocycles. The molecule has 2 aliphatic heterocycles. The molecule has 0 N–H and O–H groups in total. The predicted molar refractivity (Wildman–Crippen MR) is 180 cm³/mol. The maximum atomic E-state index is 14.5. The van der Waals surface area contributed by atoms with Gasteiger partial charge in [-0.15, -0.1) is 0 Å². The molecule has 11 heteroatoms. The molecule has 0 bridgehead atoms. The van der Waals surface area contributed by atoms with Crippen molar-refractivity contribution in [3.63, 3.8) is 0 Å². The number of likely N-dealkylation sites (N-methyl/N-ethyl adjacent to an activating group) is 1. The number of rotatable bonds is 6. The van der Waals surface area contributed by atoms with Crippen LogP contribution in [0.2, 0.25) is 0 Å². The highest BCUT2D eigenvalue weighted by molar-refractivity contribution is 5.94. The highest BCUT2D eigenvalue weighted by atomic mass is 19.1. The van der Waals surface area contributed by atoms with Gasteiger partial charge in [0, 0.05) is 38.8 Å². The Kier molecular flexibility index (Phi) is 7.61. The third kappa shape index (κ3) is 5.19. The molecular formula is C37H41FN6O4. The summed E-state index contributed by atoms with van der Waals surface area (Å²) in [6.45, 7) is 6.85. The number of hydrogen-bond acceptors (Lipinski definition) is 7. The van der Waals surface area contributed by atoms with Crippen molar-refractivity contribution in [2.75, 3.05) is 20.1 Å². The molecule has 2 aliphatic carbocycles. The Bertz CT molecular complexity index is 2000. The van der Waals surface area contributed by atoms with Gasteiger partial charge < -0.3 is 4.74 Å². The van der Waals surface area contributed by atoms with E-state index in [1.165, 1.54) is 20.8 Å². The summed E-state index contributed by atoms with van der Waals surface area (Å²) in [5.74, 6) is -0.445. The molecule has 2 atom stereocenters. The van der Waals surface area contributed by atoms with Crippen molar-refractivity contribution in [3.8, 4) is 16.8 Å². The van der Waals surface area contributed by atoms with E-state index in [2.05, 4.69) is 53.0 Å². The van der Waals surface area contributed by atoms with Crippen LogP contribution >= 0.6 is 0 Å². The normalized spacial score (nSPS) is 25.8. The summed E-state index contributed by atoms with van der Waals surface area (Å²) >= 11 is 0. The molecule has 4 fully saturated rings. The van der Waals surface area contributed by atoms with Crippen LogP contribution in [0.25, 0.3) is 27.8 Å². The van der Waals surface area contributed by atoms with Crippen LogP contribution in [0.15, 0.2) is 70.4 Å². The number of aromatic nitrogens is 3. The first-order chi connectivity index (χ1) is 23.1. The van der Waals surface area contributed by atoms with E-state index in [-0.39, 0.29) is 46.8 Å². The third-order valence-electron chi connectivity index (χ3n) is 10.8. The van der Waals surface area contributed by atoms with Crippen LogP contribution in [0.3, 0.4) is 0 Å². The first kappa shape index (κ1) is 31.1. The number of carbonyl (C=O) groups is 1. The van der Waals surface area contributed by atoms with Gasteiger partial charge in [0.2, 0.25) is 0 Å². The molecule has 10 nitrogen and oxygen atoms in total. The fourth-order valence-electron chi connectivity index (χ4n) is 8.31. The number of nitrogens with zero attached hydrogens (tertiary/aromatic N) is 6. The molecule has 1 amide bonds. The second kappa shape index (κ2) is 11.7. The molecule has 250 valence electrons. The minimum Gasteiger partial charge on any atom is -0.373 e. The Morgan fingerprint density at radius 2 is 1.58 bits per heavy atom. The Hall–Kier alpha value is -4.19. The standard InChI is InChI=1S/C37H41FN6O4/c1-23-20-41(21-24(2)48-23)22-25-7-9-26(10-8-25)27-5-4-6-31(17-27)42-33-32(18-28(38)19-39-33)34(45)43(36(42)47)29-11-13-30(14-12-29)44-35(46)37(15-16-37)40(44)3/h4-10,17-19,23-24,29-30H,11-16,20-22H2,1-3H3/t23-,24+,29-,30+. The van der Waals surface area contributed by atoms with E-state index in [1.54, 1.807) is 0 Å².